The van der Waals surface area contributed by atoms with Crippen molar-refractivity contribution in [2.45, 2.75) is 11.4 Å². The Morgan fingerprint density at radius 3 is 2.27 bits per heavy atom. The highest BCUT2D eigenvalue weighted by molar-refractivity contribution is 14.1. The molecule has 0 aliphatic carbocycles. The summed E-state index contributed by atoms with van der Waals surface area (Å²) >= 11 is 2.15. The molecule has 0 spiro atoms. The van der Waals surface area contributed by atoms with Gasteiger partial charge in [0.2, 0.25) is 5.91 Å². The number of sulfonamides is 1. The van der Waals surface area contributed by atoms with Gasteiger partial charge in [-0.25, -0.2) is 8.42 Å². The normalized spacial score (nSPS) is 11.0. The number of amides is 1. The van der Waals surface area contributed by atoms with Crippen LogP contribution in [0.1, 0.15) is 5.56 Å². The second-order valence-electron chi connectivity index (χ2n) is 6.39. The highest BCUT2D eigenvalue weighted by Gasteiger charge is 2.27. The van der Waals surface area contributed by atoms with Gasteiger partial charge in [0, 0.05) is 15.7 Å². The molecule has 3 aromatic carbocycles. The monoisotopic (exact) mass is 536 g/mol. The number of methoxy groups -OCH3 is 1. The largest absolute Gasteiger partial charge is 0.496 e. The molecule has 3 rings (SSSR count). The van der Waals surface area contributed by atoms with E-state index in [1.807, 2.05) is 18.2 Å². The lowest BCUT2D eigenvalue weighted by Crippen LogP contribution is -2.40. The smallest absolute Gasteiger partial charge is 0.264 e. The Labute approximate surface area is 190 Å². The molecule has 156 valence electrons. The summed E-state index contributed by atoms with van der Waals surface area (Å²) in [6.07, 6.45) is 0. The molecule has 0 saturated carbocycles. The summed E-state index contributed by atoms with van der Waals surface area (Å²) < 4.78 is 33.9. The summed E-state index contributed by atoms with van der Waals surface area (Å²) in [6, 6.07) is 22.4. The van der Waals surface area contributed by atoms with E-state index in [-0.39, 0.29) is 18.0 Å². The standard InChI is InChI=1S/C22H21IN2O4S/c1-29-21-10-6-5-7-17(21)15-24-22(26)16-25(19-13-11-18(23)12-14-19)30(27,28)20-8-3-2-4-9-20/h2-14H,15-16H2,1H3,(H,24,26). The van der Waals surface area contributed by atoms with Gasteiger partial charge in [-0.2, -0.15) is 0 Å². The number of carbonyl (C=O) groups is 1. The van der Waals surface area contributed by atoms with Crippen LogP contribution in [0.25, 0.3) is 0 Å². The maximum atomic E-state index is 13.3. The van der Waals surface area contributed by atoms with Crippen molar-refractivity contribution < 1.29 is 17.9 Å². The molecule has 0 unspecified atom stereocenters. The molecular weight excluding hydrogens is 515 g/mol. The van der Waals surface area contributed by atoms with Crippen molar-refractivity contribution in [1.82, 2.24) is 5.32 Å². The van der Waals surface area contributed by atoms with E-state index >= 15 is 0 Å². The number of carbonyl (C=O) groups excluding carboxylic acids is 1. The first-order valence-electron chi connectivity index (χ1n) is 9.14. The van der Waals surface area contributed by atoms with Crippen LogP contribution < -0.4 is 14.4 Å². The number of benzene rings is 3. The van der Waals surface area contributed by atoms with Crippen LogP contribution in [-0.4, -0.2) is 28.0 Å². The third-order valence-corrected chi connectivity index (χ3v) is 6.91. The van der Waals surface area contributed by atoms with Crippen LogP contribution in [-0.2, 0) is 21.4 Å². The van der Waals surface area contributed by atoms with Gasteiger partial charge in [0.15, 0.2) is 0 Å². The third-order valence-electron chi connectivity index (χ3n) is 4.40. The highest BCUT2D eigenvalue weighted by atomic mass is 127. The van der Waals surface area contributed by atoms with Gasteiger partial charge in [0.1, 0.15) is 12.3 Å². The van der Waals surface area contributed by atoms with Crippen molar-refractivity contribution in [2.75, 3.05) is 18.0 Å². The van der Waals surface area contributed by atoms with Crippen LogP contribution >= 0.6 is 22.6 Å². The lowest BCUT2D eigenvalue weighted by atomic mass is 10.2. The molecule has 0 aromatic heterocycles. The molecule has 0 aliphatic rings. The number of rotatable bonds is 8. The predicted octanol–water partition coefficient (Wildman–Crippen LogP) is 3.81. The lowest BCUT2D eigenvalue weighted by molar-refractivity contribution is -0.119. The molecular formula is C22H21IN2O4S. The Balaban J connectivity index is 1.84. The molecule has 0 bridgehead atoms. The Kier molecular flexibility index (Phi) is 7.33. The van der Waals surface area contributed by atoms with Crippen molar-refractivity contribution in [3.05, 3.63) is 88.0 Å². The van der Waals surface area contributed by atoms with E-state index in [9.17, 15) is 13.2 Å². The lowest BCUT2D eigenvalue weighted by Gasteiger charge is -2.24. The maximum Gasteiger partial charge on any atom is 0.264 e. The van der Waals surface area contributed by atoms with E-state index in [0.29, 0.717) is 11.4 Å². The van der Waals surface area contributed by atoms with Crippen LogP contribution in [0.3, 0.4) is 0 Å². The van der Waals surface area contributed by atoms with Crippen molar-refractivity contribution in [2.24, 2.45) is 0 Å². The van der Waals surface area contributed by atoms with E-state index in [4.69, 9.17) is 4.74 Å². The number of nitrogens with one attached hydrogen (secondary N) is 1. The fourth-order valence-electron chi connectivity index (χ4n) is 2.87. The van der Waals surface area contributed by atoms with Gasteiger partial charge >= 0.3 is 0 Å². The van der Waals surface area contributed by atoms with Gasteiger partial charge < -0.3 is 10.1 Å². The summed E-state index contributed by atoms with van der Waals surface area (Å²) in [7, 11) is -2.35. The Morgan fingerprint density at radius 2 is 1.60 bits per heavy atom. The number of hydrogen-bond donors (Lipinski definition) is 1. The Morgan fingerprint density at radius 1 is 0.967 bits per heavy atom. The molecule has 30 heavy (non-hydrogen) atoms. The molecule has 6 nitrogen and oxygen atoms in total. The minimum Gasteiger partial charge on any atom is -0.496 e. The number of ether oxygens (including phenoxy) is 1. The number of para-hydroxylation sites is 1. The summed E-state index contributed by atoms with van der Waals surface area (Å²) in [5.41, 5.74) is 1.23. The van der Waals surface area contributed by atoms with Gasteiger partial charge in [-0.15, -0.1) is 0 Å². The van der Waals surface area contributed by atoms with E-state index in [0.717, 1.165) is 13.4 Å². The van der Waals surface area contributed by atoms with Crippen LogP contribution in [0.5, 0.6) is 5.75 Å². The van der Waals surface area contributed by atoms with E-state index in [2.05, 4.69) is 27.9 Å². The van der Waals surface area contributed by atoms with Crippen LogP contribution in [0.4, 0.5) is 5.69 Å². The third kappa shape index (κ3) is 5.31. The zero-order valence-corrected chi connectivity index (χ0v) is 19.3. The van der Waals surface area contributed by atoms with Gasteiger partial charge in [-0.05, 0) is 65.1 Å². The van der Waals surface area contributed by atoms with Crippen molar-refractivity contribution >= 4 is 44.2 Å². The fraction of sp³-hybridized carbons (Fsp3) is 0.136. The molecule has 0 fully saturated rings. The van der Waals surface area contributed by atoms with E-state index in [1.54, 1.807) is 55.6 Å². The average molecular weight is 536 g/mol. The number of nitrogens with zero attached hydrogens (tertiary/aromatic N) is 1. The second kappa shape index (κ2) is 9.94. The zero-order valence-electron chi connectivity index (χ0n) is 16.3. The fourth-order valence-corrected chi connectivity index (χ4v) is 4.67. The maximum absolute atomic E-state index is 13.3. The molecule has 0 heterocycles. The highest BCUT2D eigenvalue weighted by Crippen LogP contribution is 2.24. The Hall–Kier alpha value is -2.59. The molecule has 8 heteroatoms. The van der Waals surface area contributed by atoms with Crippen LogP contribution in [0, 0.1) is 3.57 Å². The van der Waals surface area contributed by atoms with Crippen LogP contribution in [0.15, 0.2) is 83.8 Å². The van der Waals surface area contributed by atoms with Gasteiger partial charge in [0.05, 0.1) is 17.7 Å². The number of anilines is 1. The van der Waals surface area contributed by atoms with Gasteiger partial charge in [0.25, 0.3) is 10.0 Å². The summed E-state index contributed by atoms with van der Waals surface area (Å²) in [6.45, 7) is -0.109. The summed E-state index contributed by atoms with van der Waals surface area (Å²) in [5, 5.41) is 2.78. The topological polar surface area (TPSA) is 75.7 Å². The van der Waals surface area contributed by atoms with Crippen LogP contribution in [0.2, 0.25) is 0 Å². The quantitative estimate of drug-likeness (QED) is 0.445. The Bertz CT molecular complexity index is 1100. The molecule has 0 atom stereocenters. The first-order valence-corrected chi connectivity index (χ1v) is 11.7. The van der Waals surface area contributed by atoms with Gasteiger partial charge in [-0.1, -0.05) is 36.4 Å². The zero-order chi connectivity index (χ0) is 21.6. The first kappa shape index (κ1) is 22.1. The minimum atomic E-state index is -3.91. The molecule has 0 aliphatic heterocycles. The van der Waals surface area contributed by atoms with Gasteiger partial charge in [-0.3, -0.25) is 9.10 Å². The average Bonchev–Trinajstić information content (AvgIpc) is 2.77. The predicted molar refractivity (Wildman–Crippen MR) is 125 cm³/mol. The first-order chi connectivity index (χ1) is 14.4. The molecule has 3 aromatic rings. The molecule has 0 saturated heterocycles. The second-order valence-corrected chi connectivity index (χ2v) is 9.50. The van der Waals surface area contributed by atoms with Crippen molar-refractivity contribution in [1.29, 1.82) is 0 Å². The molecule has 0 radical (unpaired) electrons. The SMILES string of the molecule is COc1ccccc1CNC(=O)CN(c1ccc(I)cc1)S(=O)(=O)c1ccccc1. The van der Waals surface area contributed by atoms with E-state index < -0.39 is 15.9 Å². The van der Waals surface area contributed by atoms with E-state index in [1.165, 1.54) is 12.1 Å². The van der Waals surface area contributed by atoms with Crippen molar-refractivity contribution in [3.8, 4) is 5.75 Å². The molecule has 1 amide bonds. The summed E-state index contributed by atoms with van der Waals surface area (Å²) in [4.78, 5) is 12.8. The summed E-state index contributed by atoms with van der Waals surface area (Å²) in [5.74, 6) is 0.239. The van der Waals surface area contributed by atoms with Crippen molar-refractivity contribution in [3.63, 3.8) is 0 Å². The molecule has 1 N–H and O–H groups in total. The number of halogens is 1. The number of hydrogen-bond acceptors (Lipinski definition) is 4. The minimum absolute atomic E-state index is 0.126.